The topological polar surface area (TPSA) is 48.3 Å². The Morgan fingerprint density at radius 1 is 0.964 bits per heavy atom. The SMILES string of the molecule is CC(C)(C)[Si](C)(C)OCCc1cc2ccccc2n1S(=O)(=O)c1ccccc1. The fourth-order valence-electron chi connectivity index (χ4n) is 2.97. The van der Waals surface area contributed by atoms with Crippen molar-refractivity contribution in [3.63, 3.8) is 0 Å². The Morgan fingerprint density at radius 3 is 2.21 bits per heavy atom. The molecule has 150 valence electrons. The first-order chi connectivity index (χ1) is 13.0. The van der Waals surface area contributed by atoms with Crippen LogP contribution in [0.4, 0.5) is 0 Å². The van der Waals surface area contributed by atoms with E-state index in [2.05, 4.69) is 33.9 Å². The normalized spacial score (nSPS) is 13.2. The summed E-state index contributed by atoms with van der Waals surface area (Å²) in [4.78, 5) is 0.294. The Bertz CT molecular complexity index is 1060. The molecule has 6 heteroatoms. The Kier molecular flexibility index (Phi) is 5.58. The van der Waals surface area contributed by atoms with E-state index in [9.17, 15) is 8.42 Å². The minimum absolute atomic E-state index is 0.121. The summed E-state index contributed by atoms with van der Waals surface area (Å²) in [7, 11) is -5.56. The second-order valence-electron chi connectivity index (χ2n) is 8.64. The fraction of sp³-hybridized carbons (Fsp3) is 0.364. The number of hydrogen-bond acceptors (Lipinski definition) is 3. The zero-order chi connectivity index (χ0) is 20.6. The van der Waals surface area contributed by atoms with Gasteiger partial charge in [-0.25, -0.2) is 12.4 Å². The largest absolute Gasteiger partial charge is 0.416 e. The van der Waals surface area contributed by atoms with Gasteiger partial charge in [0.25, 0.3) is 10.0 Å². The minimum atomic E-state index is -3.67. The number of hydrogen-bond donors (Lipinski definition) is 0. The molecule has 0 radical (unpaired) electrons. The minimum Gasteiger partial charge on any atom is -0.416 e. The Morgan fingerprint density at radius 2 is 1.57 bits per heavy atom. The molecule has 0 unspecified atom stereocenters. The first-order valence-electron chi connectivity index (χ1n) is 9.58. The molecule has 0 bridgehead atoms. The third-order valence-electron chi connectivity index (χ3n) is 5.65. The van der Waals surface area contributed by atoms with E-state index in [1.54, 1.807) is 24.3 Å². The van der Waals surface area contributed by atoms with E-state index in [1.165, 1.54) is 3.97 Å². The van der Waals surface area contributed by atoms with Crippen molar-refractivity contribution in [3.05, 3.63) is 66.4 Å². The molecule has 1 aromatic heterocycles. The van der Waals surface area contributed by atoms with Crippen LogP contribution in [0.5, 0.6) is 0 Å². The summed E-state index contributed by atoms with van der Waals surface area (Å²) >= 11 is 0. The Balaban J connectivity index is 1.99. The lowest BCUT2D eigenvalue weighted by atomic mass is 10.2. The van der Waals surface area contributed by atoms with Gasteiger partial charge >= 0.3 is 0 Å². The maximum absolute atomic E-state index is 13.4. The number of rotatable bonds is 6. The molecule has 4 nitrogen and oxygen atoms in total. The summed E-state index contributed by atoms with van der Waals surface area (Å²) in [6.07, 6.45) is 0.549. The molecule has 3 aromatic rings. The van der Waals surface area contributed by atoms with Crippen LogP contribution in [0.15, 0.2) is 65.6 Å². The van der Waals surface area contributed by atoms with Gasteiger partial charge in [0.05, 0.1) is 10.4 Å². The van der Waals surface area contributed by atoms with Gasteiger partial charge in [-0.2, -0.15) is 0 Å². The highest BCUT2D eigenvalue weighted by atomic mass is 32.2. The van der Waals surface area contributed by atoms with Crippen LogP contribution in [0, 0.1) is 0 Å². The summed E-state index contributed by atoms with van der Waals surface area (Å²) < 4.78 is 34.5. The molecule has 0 atom stereocenters. The van der Waals surface area contributed by atoms with Crippen LogP contribution in [0.3, 0.4) is 0 Å². The van der Waals surface area contributed by atoms with Crippen molar-refractivity contribution in [2.24, 2.45) is 0 Å². The van der Waals surface area contributed by atoms with Crippen molar-refractivity contribution in [2.75, 3.05) is 6.61 Å². The zero-order valence-corrected chi connectivity index (χ0v) is 19.1. The summed E-state index contributed by atoms with van der Waals surface area (Å²) in [6.45, 7) is 11.5. The average molecular weight is 416 g/mol. The summed E-state index contributed by atoms with van der Waals surface area (Å²) in [6, 6.07) is 18.2. The third-order valence-corrected chi connectivity index (χ3v) is 12.0. The van der Waals surface area contributed by atoms with E-state index in [0.29, 0.717) is 23.4 Å². The number of benzene rings is 2. The Hall–Kier alpha value is -1.89. The van der Waals surface area contributed by atoms with Gasteiger partial charge in [0, 0.05) is 24.1 Å². The molecule has 0 aliphatic rings. The van der Waals surface area contributed by atoms with Crippen molar-refractivity contribution in [1.29, 1.82) is 0 Å². The predicted octanol–water partition coefficient (Wildman–Crippen LogP) is 5.44. The Labute approximate surface area is 169 Å². The van der Waals surface area contributed by atoms with E-state index in [4.69, 9.17) is 4.43 Å². The monoisotopic (exact) mass is 415 g/mol. The van der Waals surface area contributed by atoms with Gasteiger partial charge in [0.2, 0.25) is 0 Å². The number of nitrogens with zero attached hydrogens (tertiary/aromatic N) is 1. The van der Waals surface area contributed by atoms with Crippen molar-refractivity contribution < 1.29 is 12.8 Å². The van der Waals surface area contributed by atoms with Crippen LogP contribution in [0.1, 0.15) is 26.5 Å². The van der Waals surface area contributed by atoms with E-state index < -0.39 is 18.3 Å². The van der Waals surface area contributed by atoms with Gasteiger partial charge in [-0.3, -0.25) is 0 Å². The molecule has 0 fully saturated rings. The van der Waals surface area contributed by atoms with Gasteiger partial charge < -0.3 is 4.43 Å². The van der Waals surface area contributed by atoms with E-state index >= 15 is 0 Å². The first kappa shape index (κ1) is 20.8. The van der Waals surface area contributed by atoms with Crippen molar-refractivity contribution >= 4 is 29.2 Å². The van der Waals surface area contributed by atoms with Crippen molar-refractivity contribution in [3.8, 4) is 0 Å². The lowest BCUT2D eigenvalue weighted by Gasteiger charge is -2.36. The molecular formula is C22H29NO3SSi. The van der Waals surface area contributed by atoms with Gasteiger partial charge in [0.1, 0.15) is 0 Å². The maximum Gasteiger partial charge on any atom is 0.268 e. The van der Waals surface area contributed by atoms with Crippen LogP contribution >= 0.6 is 0 Å². The smallest absolute Gasteiger partial charge is 0.268 e. The van der Waals surface area contributed by atoms with Crippen LogP contribution < -0.4 is 0 Å². The van der Waals surface area contributed by atoms with E-state index in [1.807, 2.05) is 36.4 Å². The average Bonchev–Trinajstić information content (AvgIpc) is 3.00. The van der Waals surface area contributed by atoms with Crippen LogP contribution in [0.2, 0.25) is 18.1 Å². The molecule has 0 spiro atoms. The van der Waals surface area contributed by atoms with Gasteiger partial charge in [-0.05, 0) is 42.4 Å². The van der Waals surface area contributed by atoms with Gasteiger partial charge in [-0.15, -0.1) is 0 Å². The van der Waals surface area contributed by atoms with Crippen LogP contribution in [0.25, 0.3) is 10.9 Å². The third kappa shape index (κ3) is 3.95. The molecule has 0 N–H and O–H groups in total. The van der Waals surface area contributed by atoms with Crippen molar-refractivity contribution in [1.82, 2.24) is 3.97 Å². The molecule has 1 heterocycles. The fourth-order valence-corrected chi connectivity index (χ4v) is 5.61. The second kappa shape index (κ2) is 7.50. The van der Waals surface area contributed by atoms with Crippen LogP contribution in [-0.4, -0.2) is 27.3 Å². The van der Waals surface area contributed by atoms with Gasteiger partial charge in [0.15, 0.2) is 8.32 Å². The molecule has 28 heavy (non-hydrogen) atoms. The highest BCUT2D eigenvalue weighted by Crippen LogP contribution is 2.36. The lowest BCUT2D eigenvalue weighted by Crippen LogP contribution is -2.41. The zero-order valence-electron chi connectivity index (χ0n) is 17.3. The van der Waals surface area contributed by atoms with Gasteiger partial charge in [-0.1, -0.05) is 57.2 Å². The second-order valence-corrected chi connectivity index (χ2v) is 15.2. The van der Waals surface area contributed by atoms with Crippen molar-refractivity contribution in [2.45, 2.75) is 50.2 Å². The standard InChI is InChI=1S/C22H29NO3SSi/c1-22(2,3)28(4,5)26-16-15-19-17-18-11-9-10-14-21(18)23(19)27(24,25)20-12-7-6-8-13-20/h6-14,17H,15-16H2,1-5H3. The number of aromatic nitrogens is 1. The highest BCUT2D eigenvalue weighted by molar-refractivity contribution is 7.90. The van der Waals surface area contributed by atoms with E-state index in [0.717, 1.165) is 11.1 Å². The number of fused-ring (bicyclic) bond motifs is 1. The number of para-hydroxylation sites is 1. The molecule has 0 aliphatic heterocycles. The maximum atomic E-state index is 13.4. The molecule has 0 amide bonds. The van der Waals surface area contributed by atoms with Crippen LogP contribution in [-0.2, 0) is 20.9 Å². The summed E-state index contributed by atoms with van der Waals surface area (Å²) in [5, 5.41) is 1.04. The summed E-state index contributed by atoms with van der Waals surface area (Å²) in [5.74, 6) is 0. The molecule has 0 saturated carbocycles. The first-order valence-corrected chi connectivity index (χ1v) is 13.9. The molecular weight excluding hydrogens is 386 g/mol. The lowest BCUT2D eigenvalue weighted by molar-refractivity contribution is 0.290. The highest BCUT2D eigenvalue weighted by Gasteiger charge is 2.37. The summed E-state index contributed by atoms with van der Waals surface area (Å²) in [5.41, 5.74) is 1.46. The molecule has 2 aromatic carbocycles. The molecule has 0 saturated heterocycles. The quantitative estimate of drug-likeness (QED) is 0.504. The predicted molar refractivity (Wildman–Crippen MR) is 118 cm³/mol. The van der Waals surface area contributed by atoms with E-state index in [-0.39, 0.29) is 5.04 Å². The molecule has 3 rings (SSSR count). The molecule has 0 aliphatic carbocycles.